The summed E-state index contributed by atoms with van der Waals surface area (Å²) in [4.78, 5) is 0. The van der Waals surface area contributed by atoms with Crippen molar-refractivity contribution in [2.75, 3.05) is 19.8 Å². The van der Waals surface area contributed by atoms with Gasteiger partial charge in [0.25, 0.3) is 0 Å². The zero-order valence-electron chi connectivity index (χ0n) is 7.05. The van der Waals surface area contributed by atoms with Gasteiger partial charge >= 0.3 is 0 Å². The van der Waals surface area contributed by atoms with Crippen molar-refractivity contribution in [2.24, 2.45) is 0 Å². The Kier molecular flexibility index (Phi) is 7.84. The number of ether oxygens (including phenoxy) is 1. The van der Waals surface area contributed by atoms with Crippen molar-refractivity contribution < 1.29 is 14.2 Å². The molecule has 0 saturated carbocycles. The van der Waals surface area contributed by atoms with Gasteiger partial charge in [-0.25, -0.2) is 4.39 Å². The van der Waals surface area contributed by atoms with Crippen LogP contribution in [0.1, 0.15) is 26.2 Å². The second-order valence-electron chi connectivity index (χ2n) is 2.56. The molecular weight excluding hydrogens is 147 g/mol. The van der Waals surface area contributed by atoms with Crippen LogP contribution in [0.25, 0.3) is 0 Å². The molecule has 0 aromatic heterocycles. The van der Waals surface area contributed by atoms with E-state index in [0.717, 1.165) is 19.3 Å². The molecule has 0 heterocycles. The van der Waals surface area contributed by atoms with Crippen molar-refractivity contribution in [3.05, 3.63) is 0 Å². The summed E-state index contributed by atoms with van der Waals surface area (Å²) in [7, 11) is 0. The maximum Gasteiger partial charge on any atom is 0.146 e. The third-order valence-corrected chi connectivity index (χ3v) is 1.39. The highest BCUT2D eigenvalue weighted by Crippen LogP contribution is 1.96. The lowest BCUT2D eigenvalue weighted by atomic mass is 10.3. The molecule has 2 nitrogen and oxygen atoms in total. The molecule has 0 amide bonds. The Morgan fingerprint density at radius 1 is 1.45 bits per heavy atom. The van der Waals surface area contributed by atoms with Gasteiger partial charge in [-0.2, -0.15) is 0 Å². The standard InChI is InChI=1S/C8H17FO2/c1-2-3-4-5-11-7-8(9)6-10/h8,10H,2-7H2,1H3. The SMILES string of the molecule is CCCCCOCC(F)CO. The normalized spacial score (nSPS) is 13.4. The maximum atomic E-state index is 12.3. The number of unbranched alkanes of at least 4 members (excludes halogenated alkanes) is 2. The zero-order chi connectivity index (χ0) is 8.53. The molecule has 68 valence electrons. The lowest BCUT2D eigenvalue weighted by molar-refractivity contribution is 0.0506. The number of aliphatic hydroxyl groups is 1. The van der Waals surface area contributed by atoms with Gasteiger partial charge in [0, 0.05) is 6.61 Å². The van der Waals surface area contributed by atoms with E-state index in [1.54, 1.807) is 0 Å². The Morgan fingerprint density at radius 3 is 2.73 bits per heavy atom. The molecule has 0 rings (SSSR count). The van der Waals surface area contributed by atoms with Crippen LogP contribution in [0.5, 0.6) is 0 Å². The van der Waals surface area contributed by atoms with E-state index >= 15 is 0 Å². The molecule has 0 saturated heterocycles. The van der Waals surface area contributed by atoms with Crippen molar-refractivity contribution in [3.8, 4) is 0 Å². The quantitative estimate of drug-likeness (QED) is 0.578. The van der Waals surface area contributed by atoms with Crippen LogP contribution in [0.3, 0.4) is 0 Å². The molecule has 0 bridgehead atoms. The van der Waals surface area contributed by atoms with Crippen LogP contribution >= 0.6 is 0 Å². The molecular formula is C8H17FO2. The maximum absolute atomic E-state index is 12.3. The Morgan fingerprint density at radius 2 is 2.18 bits per heavy atom. The first kappa shape index (κ1) is 10.8. The first-order valence-electron chi connectivity index (χ1n) is 4.14. The summed E-state index contributed by atoms with van der Waals surface area (Å²) in [6, 6.07) is 0. The minimum Gasteiger partial charge on any atom is -0.393 e. The Labute approximate surface area is 67.4 Å². The molecule has 1 unspecified atom stereocenters. The van der Waals surface area contributed by atoms with E-state index in [0.29, 0.717) is 6.61 Å². The first-order chi connectivity index (χ1) is 5.31. The lowest BCUT2D eigenvalue weighted by Gasteiger charge is -2.05. The molecule has 11 heavy (non-hydrogen) atoms. The van der Waals surface area contributed by atoms with Gasteiger partial charge in [0.15, 0.2) is 0 Å². The summed E-state index contributed by atoms with van der Waals surface area (Å²) in [5.41, 5.74) is 0. The van der Waals surface area contributed by atoms with Crippen LogP contribution in [0, 0.1) is 0 Å². The van der Waals surface area contributed by atoms with Crippen molar-refractivity contribution in [2.45, 2.75) is 32.4 Å². The highest BCUT2D eigenvalue weighted by molar-refractivity contribution is 4.49. The van der Waals surface area contributed by atoms with Gasteiger partial charge in [0.2, 0.25) is 0 Å². The molecule has 3 heteroatoms. The number of alkyl halides is 1. The molecule has 0 aliphatic carbocycles. The highest BCUT2D eigenvalue weighted by Gasteiger charge is 2.02. The largest absolute Gasteiger partial charge is 0.393 e. The lowest BCUT2D eigenvalue weighted by Crippen LogP contribution is -2.14. The minimum absolute atomic E-state index is 0.0280. The Hall–Kier alpha value is -0.150. The number of rotatable bonds is 7. The van der Waals surface area contributed by atoms with Gasteiger partial charge in [-0.3, -0.25) is 0 Å². The predicted molar refractivity (Wildman–Crippen MR) is 42.3 cm³/mol. The molecule has 0 spiro atoms. The summed E-state index contributed by atoms with van der Waals surface area (Å²) in [6.07, 6.45) is 2.03. The Balaban J connectivity index is 2.89. The number of aliphatic hydroxyl groups excluding tert-OH is 1. The third kappa shape index (κ3) is 7.75. The molecule has 0 aliphatic rings. The molecule has 0 aromatic rings. The van der Waals surface area contributed by atoms with Crippen LogP contribution in [0.15, 0.2) is 0 Å². The van der Waals surface area contributed by atoms with Crippen LogP contribution in [-0.2, 0) is 4.74 Å². The monoisotopic (exact) mass is 164 g/mol. The van der Waals surface area contributed by atoms with E-state index in [9.17, 15) is 4.39 Å². The summed E-state index contributed by atoms with van der Waals surface area (Å²) < 4.78 is 17.2. The summed E-state index contributed by atoms with van der Waals surface area (Å²) in [5, 5.41) is 8.28. The van der Waals surface area contributed by atoms with E-state index in [1.165, 1.54) is 0 Å². The predicted octanol–water partition coefficient (Wildman–Crippen LogP) is 1.52. The fourth-order valence-corrected chi connectivity index (χ4v) is 0.718. The van der Waals surface area contributed by atoms with Gasteiger partial charge in [-0.15, -0.1) is 0 Å². The molecule has 0 fully saturated rings. The van der Waals surface area contributed by atoms with Gasteiger partial charge < -0.3 is 9.84 Å². The van der Waals surface area contributed by atoms with E-state index < -0.39 is 12.8 Å². The van der Waals surface area contributed by atoms with Gasteiger partial charge in [0.05, 0.1) is 13.2 Å². The fourth-order valence-electron chi connectivity index (χ4n) is 0.718. The fraction of sp³-hybridized carbons (Fsp3) is 1.00. The van der Waals surface area contributed by atoms with E-state index in [1.807, 2.05) is 0 Å². The van der Waals surface area contributed by atoms with Crippen molar-refractivity contribution in [1.82, 2.24) is 0 Å². The van der Waals surface area contributed by atoms with Crippen molar-refractivity contribution in [3.63, 3.8) is 0 Å². The first-order valence-corrected chi connectivity index (χ1v) is 4.14. The Bertz CT molecular complexity index is 78.5. The van der Waals surface area contributed by atoms with Crippen LogP contribution < -0.4 is 0 Å². The van der Waals surface area contributed by atoms with Crippen molar-refractivity contribution >= 4 is 0 Å². The van der Waals surface area contributed by atoms with Crippen molar-refractivity contribution in [1.29, 1.82) is 0 Å². The molecule has 0 aromatic carbocycles. The van der Waals surface area contributed by atoms with Gasteiger partial charge in [-0.05, 0) is 6.42 Å². The zero-order valence-corrected chi connectivity index (χ0v) is 7.05. The minimum atomic E-state index is -1.21. The van der Waals surface area contributed by atoms with E-state index in [4.69, 9.17) is 9.84 Å². The van der Waals surface area contributed by atoms with Crippen LogP contribution in [0.4, 0.5) is 4.39 Å². The molecule has 0 radical (unpaired) electrons. The van der Waals surface area contributed by atoms with E-state index in [2.05, 4.69) is 6.92 Å². The summed E-state index contributed by atoms with van der Waals surface area (Å²) in [6.45, 7) is 2.30. The number of hydrogen-bond acceptors (Lipinski definition) is 2. The summed E-state index contributed by atoms with van der Waals surface area (Å²) >= 11 is 0. The number of halogens is 1. The topological polar surface area (TPSA) is 29.5 Å². The highest BCUT2D eigenvalue weighted by atomic mass is 19.1. The van der Waals surface area contributed by atoms with Gasteiger partial charge in [-0.1, -0.05) is 19.8 Å². The second-order valence-corrected chi connectivity index (χ2v) is 2.56. The average molecular weight is 164 g/mol. The second kappa shape index (κ2) is 7.95. The average Bonchev–Trinajstić information content (AvgIpc) is 2.04. The van der Waals surface area contributed by atoms with Gasteiger partial charge in [0.1, 0.15) is 6.17 Å². The molecule has 1 N–H and O–H groups in total. The van der Waals surface area contributed by atoms with Crippen LogP contribution in [-0.4, -0.2) is 31.1 Å². The molecule has 0 aliphatic heterocycles. The molecule has 1 atom stereocenters. The van der Waals surface area contributed by atoms with E-state index in [-0.39, 0.29) is 6.61 Å². The van der Waals surface area contributed by atoms with Crippen LogP contribution in [0.2, 0.25) is 0 Å². The smallest absolute Gasteiger partial charge is 0.146 e. The summed E-state index contributed by atoms with van der Waals surface area (Å²) in [5.74, 6) is 0. The number of hydrogen-bond donors (Lipinski definition) is 1. The third-order valence-electron chi connectivity index (χ3n) is 1.39.